The lowest BCUT2D eigenvalue weighted by atomic mass is 9.90. The maximum absolute atomic E-state index is 9.11. The Labute approximate surface area is 104 Å². The Morgan fingerprint density at radius 1 is 1.44 bits per heavy atom. The van der Waals surface area contributed by atoms with Crippen LogP contribution in [-0.4, -0.2) is 30.4 Å². The van der Waals surface area contributed by atoms with E-state index >= 15 is 0 Å². The Hall–Kier alpha value is -0.580. The van der Waals surface area contributed by atoms with Crippen molar-refractivity contribution in [2.45, 2.75) is 25.0 Å². The molecule has 0 amide bonds. The molecule has 16 heavy (non-hydrogen) atoms. The molecule has 1 saturated carbocycles. The van der Waals surface area contributed by atoms with Gasteiger partial charge in [-0.2, -0.15) is 0 Å². The van der Waals surface area contributed by atoms with Gasteiger partial charge in [0.1, 0.15) is 12.4 Å². The SMILES string of the molecule is OC1CC(NCCOc2cccc(Br)c2)C1. The van der Waals surface area contributed by atoms with Crippen molar-refractivity contribution in [3.8, 4) is 5.75 Å². The second-order valence-electron chi connectivity index (χ2n) is 4.08. The van der Waals surface area contributed by atoms with Gasteiger partial charge in [0.25, 0.3) is 0 Å². The molecule has 0 spiro atoms. The van der Waals surface area contributed by atoms with E-state index in [1.54, 1.807) is 0 Å². The first-order valence-corrected chi connectivity index (χ1v) is 6.33. The van der Waals surface area contributed by atoms with Gasteiger partial charge in [0.2, 0.25) is 0 Å². The number of aliphatic hydroxyl groups is 1. The van der Waals surface area contributed by atoms with Gasteiger partial charge in [0, 0.05) is 17.1 Å². The van der Waals surface area contributed by atoms with Gasteiger partial charge in [0.15, 0.2) is 0 Å². The van der Waals surface area contributed by atoms with E-state index in [1.807, 2.05) is 24.3 Å². The maximum Gasteiger partial charge on any atom is 0.120 e. The maximum atomic E-state index is 9.11. The molecular formula is C12H16BrNO2. The van der Waals surface area contributed by atoms with Crippen LogP contribution in [0.25, 0.3) is 0 Å². The van der Waals surface area contributed by atoms with Crippen molar-refractivity contribution in [3.63, 3.8) is 0 Å². The second kappa shape index (κ2) is 5.66. The molecule has 1 fully saturated rings. The van der Waals surface area contributed by atoms with Crippen molar-refractivity contribution in [3.05, 3.63) is 28.7 Å². The predicted octanol–water partition coefficient (Wildman–Crippen LogP) is 1.94. The molecule has 0 aliphatic heterocycles. The number of halogens is 1. The fraction of sp³-hybridized carbons (Fsp3) is 0.500. The van der Waals surface area contributed by atoms with Gasteiger partial charge in [-0.25, -0.2) is 0 Å². The molecule has 0 radical (unpaired) electrons. The lowest BCUT2D eigenvalue weighted by molar-refractivity contribution is 0.0612. The highest BCUT2D eigenvalue weighted by Crippen LogP contribution is 2.19. The highest BCUT2D eigenvalue weighted by atomic mass is 79.9. The number of aliphatic hydroxyl groups excluding tert-OH is 1. The fourth-order valence-electron chi connectivity index (χ4n) is 1.74. The van der Waals surface area contributed by atoms with E-state index in [1.165, 1.54) is 0 Å². The molecule has 1 aromatic rings. The molecule has 0 unspecified atom stereocenters. The van der Waals surface area contributed by atoms with E-state index in [4.69, 9.17) is 9.84 Å². The van der Waals surface area contributed by atoms with Crippen molar-refractivity contribution in [2.24, 2.45) is 0 Å². The van der Waals surface area contributed by atoms with Crippen molar-refractivity contribution in [1.82, 2.24) is 5.32 Å². The van der Waals surface area contributed by atoms with Gasteiger partial charge in [-0.3, -0.25) is 0 Å². The molecule has 0 atom stereocenters. The standard InChI is InChI=1S/C12H16BrNO2/c13-9-2-1-3-12(6-9)16-5-4-14-10-7-11(15)8-10/h1-3,6,10-11,14-15H,4-5,7-8H2. The zero-order chi connectivity index (χ0) is 11.4. The largest absolute Gasteiger partial charge is 0.492 e. The molecule has 0 aromatic heterocycles. The molecule has 1 aliphatic rings. The molecule has 3 nitrogen and oxygen atoms in total. The predicted molar refractivity (Wildman–Crippen MR) is 66.7 cm³/mol. The number of ether oxygens (including phenoxy) is 1. The summed E-state index contributed by atoms with van der Waals surface area (Å²) in [6.07, 6.45) is 1.65. The molecule has 1 aliphatic carbocycles. The van der Waals surface area contributed by atoms with Crippen molar-refractivity contribution >= 4 is 15.9 Å². The third kappa shape index (κ3) is 3.47. The van der Waals surface area contributed by atoms with Crippen molar-refractivity contribution in [2.75, 3.05) is 13.2 Å². The minimum atomic E-state index is -0.0940. The normalized spacial score (nSPS) is 23.9. The Balaban J connectivity index is 1.61. The third-order valence-corrected chi connectivity index (χ3v) is 3.21. The summed E-state index contributed by atoms with van der Waals surface area (Å²) in [6, 6.07) is 8.29. The highest BCUT2D eigenvalue weighted by molar-refractivity contribution is 9.10. The minimum Gasteiger partial charge on any atom is -0.492 e. The molecule has 0 bridgehead atoms. The number of nitrogens with one attached hydrogen (secondary N) is 1. The van der Waals surface area contributed by atoms with E-state index in [0.717, 1.165) is 29.6 Å². The number of hydrogen-bond acceptors (Lipinski definition) is 3. The molecule has 4 heteroatoms. The van der Waals surface area contributed by atoms with Crippen LogP contribution in [0.1, 0.15) is 12.8 Å². The lowest BCUT2D eigenvalue weighted by Gasteiger charge is -2.32. The van der Waals surface area contributed by atoms with Crippen LogP contribution in [0, 0.1) is 0 Å². The average molecular weight is 286 g/mol. The van der Waals surface area contributed by atoms with Crippen LogP contribution in [0.3, 0.4) is 0 Å². The first kappa shape index (κ1) is 11.9. The van der Waals surface area contributed by atoms with E-state index in [0.29, 0.717) is 12.6 Å². The smallest absolute Gasteiger partial charge is 0.120 e. The Morgan fingerprint density at radius 2 is 2.25 bits per heavy atom. The van der Waals surface area contributed by atoms with E-state index in [-0.39, 0.29) is 6.10 Å². The summed E-state index contributed by atoms with van der Waals surface area (Å²) in [4.78, 5) is 0. The summed E-state index contributed by atoms with van der Waals surface area (Å²) < 4.78 is 6.61. The van der Waals surface area contributed by atoms with Crippen LogP contribution in [0.5, 0.6) is 5.75 Å². The molecule has 2 rings (SSSR count). The summed E-state index contributed by atoms with van der Waals surface area (Å²) in [7, 11) is 0. The molecule has 0 heterocycles. The van der Waals surface area contributed by atoms with Gasteiger partial charge in [-0.1, -0.05) is 22.0 Å². The Bertz CT molecular complexity index is 340. The summed E-state index contributed by atoms with van der Waals surface area (Å²) in [5.74, 6) is 0.879. The zero-order valence-corrected chi connectivity index (χ0v) is 10.6. The van der Waals surface area contributed by atoms with Gasteiger partial charge >= 0.3 is 0 Å². The molecule has 88 valence electrons. The van der Waals surface area contributed by atoms with E-state index in [9.17, 15) is 0 Å². The Morgan fingerprint density at radius 3 is 2.94 bits per heavy atom. The number of rotatable bonds is 5. The summed E-state index contributed by atoms with van der Waals surface area (Å²) in [6.45, 7) is 1.48. The minimum absolute atomic E-state index is 0.0940. The van der Waals surface area contributed by atoms with Crippen LogP contribution < -0.4 is 10.1 Å². The third-order valence-electron chi connectivity index (χ3n) is 2.71. The number of hydrogen-bond donors (Lipinski definition) is 2. The van der Waals surface area contributed by atoms with Crippen LogP contribution in [0.4, 0.5) is 0 Å². The fourth-order valence-corrected chi connectivity index (χ4v) is 2.12. The topological polar surface area (TPSA) is 41.5 Å². The van der Waals surface area contributed by atoms with Gasteiger partial charge in [0.05, 0.1) is 6.10 Å². The van der Waals surface area contributed by atoms with Crippen LogP contribution in [0.2, 0.25) is 0 Å². The lowest BCUT2D eigenvalue weighted by Crippen LogP contribution is -2.45. The average Bonchev–Trinajstić information content (AvgIpc) is 2.21. The zero-order valence-electron chi connectivity index (χ0n) is 9.03. The second-order valence-corrected chi connectivity index (χ2v) is 5.00. The van der Waals surface area contributed by atoms with E-state index in [2.05, 4.69) is 21.2 Å². The van der Waals surface area contributed by atoms with Gasteiger partial charge in [-0.15, -0.1) is 0 Å². The monoisotopic (exact) mass is 285 g/mol. The van der Waals surface area contributed by atoms with E-state index < -0.39 is 0 Å². The highest BCUT2D eigenvalue weighted by Gasteiger charge is 2.25. The molecule has 2 N–H and O–H groups in total. The Kier molecular flexibility index (Phi) is 4.21. The summed E-state index contributed by atoms with van der Waals surface area (Å²) in [5.41, 5.74) is 0. The van der Waals surface area contributed by atoms with Gasteiger partial charge in [-0.05, 0) is 31.0 Å². The molecular weight excluding hydrogens is 270 g/mol. The molecule has 1 aromatic carbocycles. The first-order chi connectivity index (χ1) is 7.74. The van der Waals surface area contributed by atoms with Gasteiger partial charge < -0.3 is 15.2 Å². The molecule has 0 saturated heterocycles. The van der Waals surface area contributed by atoms with Crippen LogP contribution >= 0.6 is 15.9 Å². The summed E-state index contributed by atoms with van der Waals surface area (Å²) in [5, 5.41) is 12.4. The quantitative estimate of drug-likeness (QED) is 0.813. The van der Waals surface area contributed by atoms with Crippen molar-refractivity contribution < 1.29 is 9.84 Å². The van der Waals surface area contributed by atoms with Crippen LogP contribution in [0.15, 0.2) is 28.7 Å². The van der Waals surface area contributed by atoms with Crippen LogP contribution in [-0.2, 0) is 0 Å². The van der Waals surface area contributed by atoms with Crippen molar-refractivity contribution in [1.29, 1.82) is 0 Å². The first-order valence-electron chi connectivity index (χ1n) is 5.54. The number of benzene rings is 1. The summed E-state index contributed by atoms with van der Waals surface area (Å²) >= 11 is 3.40.